The minimum atomic E-state index is -3.51. The zero-order valence-electron chi connectivity index (χ0n) is 16.6. The number of aromatic nitrogens is 1. The first-order valence-corrected chi connectivity index (χ1v) is 11.5. The second-order valence-corrected chi connectivity index (χ2v) is 10.2. The zero-order chi connectivity index (χ0) is 20.7. The number of carbonyl (C=O) groups excluding carboxylic acids is 1. The van der Waals surface area contributed by atoms with Crippen molar-refractivity contribution in [2.45, 2.75) is 47.9 Å². The van der Waals surface area contributed by atoms with Gasteiger partial charge in [0.15, 0.2) is 0 Å². The Bertz CT molecular complexity index is 869. The summed E-state index contributed by atoms with van der Waals surface area (Å²) in [5.74, 6) is -0.0703. The highest BCUT2D eigenvalue weighted by atomic mass is 32.2. The smallest absolute Gasteiger partial charge is 0.244 e. The molecule has 1 heterocycles. The number of nitrogens with one attached hydrogen (secondary N) is 1. The minimum absolute atomic E-state index is 0.0256. The number of rotatable bonds is 9. The van der Waals surface area contributed by atoms with E-state index in [2.05, 4.69) is 17.2 Å². The molecule has 28 heavy (non-hydrogen) atoms. The molecule has 0 unspecified atom stereocenters. The molecule has 1 amide bonds. The lowest BCUT2D eigenvalue weighted by Gasteiger charge is -2.21. The van der Waals surface area contributed by atoms with E-state index in [1.807, 2.05) is 37.3 Å². The number of sulfonamides is 1. The number of benzene rings is 1. The Hall–Kier alpha value is -1.90. The van der Waals surface area contributed by atoms with E-state index in [0.717, 1.165) is 22.7 Å². The number of hydrogen-bond donors (Lipinski definition) is 1. The third-order valence-electron chi connectivity index (χ3n) is 4.25. The van der Waals surface area contributed by atoms with E-state index >= 15 is 0 Å². The van der Waals surface area contributed by atoms with Crippen LogP contribution < -0.4 is 5.32 Å². The molecular weight excluding hydrogens is 394 g/mol. The Morgan fingerprint density at radius 1 is 1.18 bits per heavy atom. The van der Waals surface area contributed by atoms with E-state index in [1.165, 1.54) is 38.1 Å². The van der Waals surface area contributed by atoms with Crippen LogP contribution in [0.4, 0.5) is 0 Å². The van der Waals surface area contributed by atoms with Crippen molar-refractivity contribution in [2.24, 2.45) is 0 Å². The molecule has 1 aromatic heterocycles. The quantitative estimate of drug-likeness (QED) is 0.627. The predicted octanol–water partition coefficient (Wildman–Crippen LogP) is 3.47. The van der Waals surface area contributed by atoms with Crippen LogP contribution in [0.5, 0.6) is 0 Å². The van der Waals surface area contributed by atoms with Gasteiger partial charge < -0.3 is 5.32 Å². The van der Waals surface area contributed by atoms with Gasteiger partial charge in [-0.25, -0.2) is 17.7 Å². The Morgan fingerprint density at radius 2 is 1.86 bits per heavy atom. The van der Waals surface area contributed by atoms with Crippen molar-refractivity contribution in [1.82, 2.24) is 14.6 Å². The second kappa shape index (κ2) is 10.0. The standard InChI is InChI=1S/C20H27N3O3S2/c1-5-9-18(16-10-7-6-8-11-16)22-20(24)15(2)27-19-13-12-17(14-21-19)28(25,26)23(3)4/h6-8,10-15,18H,5,9H2,1-4H3,(H,22,24)/t15-,18+/m1/s1. The van der Waals surface area contributed by atoms with Crippen LogP contribution in [-0.4, -0.2) is 43.0 Å². The SMILES string of the molecule is CCC[C@H](NC(=O)[C@@H](C)Sc1ccc(S(=O)(=O)N(C)C)cn1)c1ccccc1. The third-order valence-corrected chi connectivity index (χ3v) is 7.10. The molecule has 0 aliphatic carbocycles. The van der Waals surface area contributed by atoms with Gasteiger partial charge in [0.2, 0.25) is 15.9 Å². The van der Waals surface area contributed by atoms with Crippen molar-refractivity contribution in [3.63, 3.8) is 0 Å². The molecule has 1 N–H and O–H groups in total. The first-order chi connectivity index (χ1) is 13.3. The molecule has 0 saturated heterocycles. The lowest BCUT2D eigenvalue weighted by molar-refractivity contribution is -0.121. The van der Waals surface area contributed by atoms with Gasteiger partial charge in [0.1, 0.15) is 4.90 Å². The van der Waals surface area contributed by atoms with E-state index in [0.29, 0.717) is 5.03 Å². The highest BCUT2D eigenvalue weighted by molar-refractivity contribution is 8.00. The topological polar surface area (TPSA) is 79.4 Å². The summed E-state index contributed by atoms with van der Waals surface area (Å²) in [6, 6.07) is 13.0. The molecule has 2 rings (SSSR count). The van der Waals surface area contributed by atoms with Crippen LogP contribution in [0.1, 0.15) is 38.3 Å². The average molecular weight is 422 g/mol. The van der Waals surface area contributed by atoms with Crippen LogP contribution in [0.15, 0.2) is 58.6 Å². The van der Waals surface area contributed by atoms with E-state index in [-0.39, 0.29) is 22.1 Å². The molecule has 152 valence electrons. The maximum absolute atomic E-state index is 12.7. The average Bonchev–Trinajstić information content (AvgIpc) is 2.68. The van der Waals surface area contributed by atoms with Crippen molar-refractivity contribution < 1.29 is 13.2 Å². The summed E-state index contributed by atoms with van der Waals surface area (Å²) in [4.78, 5) is 17.0. The normalized spacial score (nSPS) is 13.9. The van der Waals surface area contributed by atoms with Crippen molar-refractivity contribution in [3.8, 4) is 0 Å². The second-order valence-electron chi connectivity index (χ2n) is 6.64. The summed E-state index contributed by atoms with van der Waals surface area (Å²) < 4.78 is 25.4. The first-order valence-electron chi connectivity index (χ1n) is 9.16. The van der Waals surface area contributed by atoms with Gasteiger partial charge in [-0.15, -0.1) is 0 Å². The largest absolute Gasteiger partial charge is 0.348 e. The molecule has 0 radical (unpaired) electrons. The summed E-state index contributed by atoms with van der Waals surface area (Å²) in [6.45, 7) is 3.91. The molecule has 1 aromatic carbocycles. The molecule has 0 aliphatic heterocycles. The van der Waals surface area contributed by atoms with Crippen LogP contribution in [0.25, 0.3) is 0 Å². The predicted molar refractivity (Wildman–Crippen MR) is 113 cm³/mol. The molecule has 0 aliphatic rings. The molecule has 0 bridgehead atoms. The summed E-state index contributed by atoms with van der Waals surface area (Å²) in [7, 11) is -0.557. The van der Waals surface area contributed by atoms with E-state index in [9.17, 15) is 13.2 Å². The highest BCUT2D eigenvalue weighted by Gasteiger charge is 2.21. The van der Waals surface area contributed by atoms with E-state index in [4.69, 9.17) is 0 Å². The van der Waals surface area contributed by atoms with Gasteiger partial charge in [-0.05, 0) is 31.0 Å². The monoisotopic (exact) mass is 421 g/mol. The van der Waals surface area contributed by atoms with Crippen molar-refractivity contribution >= 4 is 27.7 Å². The fourth-order valence-corrected chi connectivity index (χ4v) is 4.26. The van der Waals surface area contributed by atoms with Crippen molar-refractivity contribution in [2.75, 3.05) is 14.1 Å². The molecule has 2 atom stereocenters. The number of amides is 1. The van der Waals surface area contributed by atoms with Crippen LogP contribution in [-0.2, 0) is 14.8 Å². The molecular formula is C20H27N3O3S2. The third kappa shape index (κ3) is 5.80. The summed E-state index contributed by atoms with van der Waals surface area (Å²) in [5, 5.41) is 3.36. The van der Waals surface area contributed by atoms with Gasteiger partial charge in [-0.3, -0.25) is 4.79 Å². The number of nitrogens with zero attached hydrogens (tertiary/aromatic N) is 2. The molecule has 8 heteroatoms. The Balaban J connectivity index is 2.03. The van der Waals surface area contributed by atoms with Crippen LogP contribution in [0.3, 0.4) is 0 Å². The lowest BCUT2D eigenvalue weighted by Crippen LogP contribution is -2.34. The molecule has 6 nitrogen and oxygen atoms in total. The molecule has 2 aromatic rings. The molecule has 0 saturated carbocycles. The number of hydrogen-bond acceptors (Lipinski definition) is 5. The lowest BCUT2D eigenvalue weighted by atomic mass is 10.0. The summed E-state index contributed by atoms with van der Waals surface area (Å²) in [5.41, 5.74) is 1.09. The van der Waals surface area contributed by atoms with Crippen LogP contribution >= 0.6 is 11.8 Å². The Morgan fingerprint density at radius 3 is 2.39 bits per heavy atom. The van der Waals surface area contributed by atoms with Gasteiger partial charge in [0, 0.05) is 20.3 Å². The maximum Gasteiger partial charge on any atom is 0.244 e. The number of thioether (sulfide) groups is 1. The van der Waals surface area contributed by atoms with Gasteiger partial charge in [0.25, 0.3) is 0 Å². The molecule has 0 spiro atoms. The highest BCUT2D eigenvalue weighted by Crippen LogP contribution is 2.25. The van der Waals surface area contributed by atoms with Gasteiger partial charge in [-0.1, -0.05) is 55.4 Å². The fourth-order valence-electron chi connectivity index (χ4n) is 2.62. The minimum Gasteiger partial charge on any atom is -0.348 e. The van der Waals surface area contributed by atoms with Gasteiger partial charge in [-0.2, -0.15) is 0 Å². The summed E-state index contributed by atoms with van der Waals surface area (Å²) in [6.07, 6.45) is 3.15. The maximum atomic E-state index is 12.7. The van der Waals surface area contributed by atoms with Gasteiger partial charge >= 0.3 is 0 Å². The fraction of sp³-hybridized carbons (Fsp3) is 0.400. The Labute approximate surface area is 171 Å². The first kappa shape index (κ1) is 22.4. The summed E-state index contributed by atoms with van der Waals surface area (Å²) >= 11 is 1.30. The van der Waals surface area contributed by atoms with Crippen molar-refractivity contribution in [3.05, 3.63) is 54.2 Å². The van der Waals surface area contributed by atoms with Crippen LogP contribution in [0.2, 0.25) is 0 Å². The van der Waals surface area contributed by atoms with Gasteiger partial charge in [0.05, 0.1) is 16.3 Å². The number of carbonyl (C=O) groups is 1. The van der Waals surface area contributed by atoms with Crippen molar-refractivity contribution in [1.29, 1.82) is 0 Å². The van der Waals surface area contributed by atoms with Crippen LogP contribution in [0, 0.1) is 0 Å². The Kier molecular flexibility index (Phi) is 8.03. The molecule has 0 fully saturated rings. The van der Waals surface area contributed by atoms with E-state index in [1.54, 1.807) is 6.07 Å². The zero-order valence-corrected chi connectivity index (χ0v) is 18.3. The number of pyridine rings is 1. The van der Waals surface area contributed by atoms with E-state index < -0.39 is 10.0 Å².